The molecule has 0 radical (unpaired) electrons. The standard InChI is InChI=1S/C13H17BrN2O4/c1-13(2,3)20-12(18)16-4-5-19-11(17)9-6-10(14)8-15-7-9/h6-8H,4-5H2,1-3H3,(H,16,18). The van der Waals surface area contributed by atoms with Crippen LogP contribution in [-0.4, -0.2) is 35.8 Å². The van der Waals surface area contributed by atoms with E-state index in [9.17, 15) is 9.59 Å². The van der Waals surface area contributed by atoms with Gasteiger partial charge in [-0.2, -0.15) is 0 Å². The fourth-order valence-electron chi connectivity index (χ4n) is 1.22. The van der Waals surface area contributed by atoms with Crippen molar-refractivity contribution >= 4 is 28.0 Å². The Bertz CT molecular complexity index is 486. The summed E-state index contributed by atoms with van der Waals surface area (Å²) >= 11 is 3.22. The van der Waals surface area contributed by atoms with Crippen LogP contribution >= 0.6 is 15.9 Å². The van der Waals surface area contributed by atoms with Gasteiger partial charge in [-0.15, -0.1) is 0 Å². The lowest BCUT2D eigenvalue weighted by Crippen LogP contribution is -2.34. The summed E-state index contributed by atoms with van der Waals surface area (Å²) in [5.41, 5.74) is -0.209. The molecule has 0 bridgehead atoms. The largest absolute Gasteiger partial charge is 0.460 e. The van der Waals surface area contributed by atoms with Crippen LogP contribution in [0.3, 0.4) is 0 Å². The molecule has 0 atom stereocenters. The quantitative estimate of drug-likeness (QED) is 0.670. The van der Waals surface area contributed by atoms with E-state index in [4.69, 9.17) is 9.47 Å². The van der Waals surface area contributed by atoms with Crippen molar-refractivity contribution < 1.29 is 19.1 Å². The van der Waals surface area contributed by atoms with Gasteiger partial charge in [0.25, 0.3) is 0 Å². The van der Waals surface area contributed by atoms with Crippen molar-refractivity contribution in [1.29, 1.82) is 0 Å². The highest BCUT2D eigenvalue weighted by Gasteiger charge is 2.15. The molecule has 0 aliphatic heterocycles. The highest BCUT2D eigenvalue weighted by atomic mass is 79.9. The van der Waals surface area contributed by atoms with Crippen LogP contribution < -0.4 is 5.32 Å². The minimum atomic E-state index is -0.553. The molecule has 1 amide bonds. The summed E-state index contributed by atoms with van der Waals surface area (Å²) in [6.45, 7) is 5.55. The number of hydrogen-bond acceptors (Lipinski definition) is 5. The molecule has 1 N–H and O–H groups in total. The summed E-state index contributed by atoms with van der Waals surface area (Å²) in [7, 11) is 0. The summed E-state index contributed by atoms with van der Waals surface area (Å²) in [6, 6.07) is 1.61. The molecule has 1 heterocycles. The second-order valence-corrected chi connectivity index (χ2v) is 5.87. The minimum Gasteiger partial charge on any atom is -0.460 e. The van der Waals surface area contributed by atoms with Gasteiger partial charge in [0, 0.05) is 16.9 Å². The molecular weight excluding hydrogens is 328 g/mol. The van der Waals surface area contributed by atoms with Crippen LogP contribution in [0.2, 0.25) is 0 Å². The summed E-state index contributed by atoms with van der Waals surface area (Å²) in [5.74, 6) is -0.496. The Morgan fingerprint density at radius 2 is 2.05 bits per heavy atom. The molecular formula is C13H17BrN2O4. The SMILES string of the molecule is CC(C)(C)OC(=O)NCCOC(=O)c1cncc(Br)c1. The zero-order valence-electron chi connectivity index (χ0n) is 11.6. The molecule has 0 fully saturated rings. The molecule has 0 aliphatic rings. The van der Waals surface area contributed by atoms with Crippen molar-refractivity contribution in [2.45, 2.75) is 26.4 Å². The average molecular weight is 345 g/mol. The van der Waals surface area contributed by atoms with Gasteiger partial charge in [-0.05, 0) is 42.8 Å². The van der Waals surface area contributed by atoms with E-state index in [0.29, 0.717) is 10.0 Å². The van der Waals surface area contributed by atoms with Gasteiger partial charge in [0.1, 0.15) is 12.2 Å². The fraction of sp³-hybridized carbons (Fsp3) is 0.462. The number of carbonyl (C=O) groups is 2. The molecule has 1 rings (SSSR count). The minimum absolute atomic E-state index is 0.0601. The van der Waals surface area contributed by atoms with E-state index in [1.54, 1.807) is 33.0 Å². The molecule has 0 saturated carbocycles. The second-order valence-electron chi connectivity index (χ2n) is 4.96. The number of pyridine rings is 1. The number of carbonyl (C=O) groups excluding carboxylic acids is 2. The number of alkyl carbamates (subject to hydrolysis) is 1. The molecule has 0 unspecified atom stereocenters. The topological polar surface area (TPSA) is 77.5 Å². The molecule has 0 saturated heterocycles. The van der Waals surface area contributed by atoms with Crippen molar-refractivity contribution in [2.24, 2.45) is 0 Å². The van der Waals surface area contributed by atoms with Crippen LogP contribution in [0.1, 0.15) is 31.1 Å². The van der Waals surface area contributed by atoms with Crippen molar-refractivity contribution in [3.05, 3.63) is 28.5 Å². The third-order valence-corrected chi connectivity index (χ3v) is 2.38. The number of hydrogen-bond donors (Lipinski definition) is 1. The van der Waals surface area contributed by atoms with Gasteiger partial charge < -0.3 is 14.8 Å². The number of nitrogens with zero attached hydrogens (tertiary/aromatic N) is 1. The first kappa shape index (κ1) is 16.4. The van der Waals surface area contributed by atoms with E-state index in [1.165, 1.54) is 6.20 Å². The van der Waals surface area contributed by atoms with E-state index < -0.39 is 17.7 Å². The first-order valence-electron chi connectivity index (χ1n) is 6.02. The Kier molecular flexibility index (Phi) is 5.94. The van der Waals surface area contributed by atoms with Crippen molar-refractivity contribution in [1.82, 2.24) is 10.3 Å². The van der Waals surface area contributed by atoms with Crippen LogP contribution in [0.5, 0.6) is 0 Å². The van der Waals surface area contributed by atoms with Gasteiger partial charge in [-0.3, -0.25) is 4.98 Å². The van der Waals surface area contributed by atoms with E-state index >= 15 is 0 Å². The lowest BCUT2D eigenvalue weighted by atomic mass is 10.2. The Labute approximate surface area is 126 Å². The average Bonchev–Trinajstić information content (AvgIpc) is 2.32. The fourth-order valence-corrected chi connectivity index (χ4v) is 1.58. The van der Waals surface area contributed by atoms with Gasteiger partial charge in [-0.1, -0.05) is 0 Å². The number of nitrogens with one attached hydrogen (secondary N) is 1. The maximum atomic E-state index is 11.6. The van der Waals surface area contributed by atoms with Gasteiger partial charge in [0.15, 0.2) is 0 Å². The summed E-state index contributed by atoms with van der Waals surface area (Å²) in [4.78, 5) is 26.8. The molecule has 6 nitrogen and oxygen atoms in total. The lowest BCUT2D eigenvalue weighted by Gasteiger charge is -2.19. The highest BCUT2D eigenvalue weighted by Crippen LogP contribution is 2.10. The van der Waals surface area contributed by atoms with Gasteiger partial charge in [0.05, 0.1) is 12.1 Å². The molecule has 110 valence electrons. The van der Waals surface area contributed by atoms with Crippen molar-refractivity contribution in [2.75, 3.05) is 13.2 Å². The van der Waals surface area contributed by atoms with Crippen LogP contribution in [0, 0.1) is 0 Å². The van der Waals surface area contributed by atoms with Gasteiger partial charge >= 0.3 is 12.1 Å². The smallest absolute Gasteiger partial charge is 0.407 e. The zero-order chi connectivity index (χ0) is 15.2. The molecule has 20 heavy (non-hydrogen) atoms. The highest BCUT2D eigenvalue weighted by molar-refractivity contribution is 9.10. The molecule has 1 aromatic heterocycles. The molecule has 0 spiro atoms. The second kappa shape index (κ2) is 7.23. The molecule has 0 aromatic carbocycles. The van der Waals surface area contributed by atoms with Gasteiger partial charge in [0.2, 0.25) is 0 Å². The third-order valence-electron chi connectivity index (χ3n) is 1.94. The third kappa shape index (κ3) is 6.51. The maximum absolute atomic E-state index is 11.6. The number of esters is 1. The summed E-state index contributed by atoms with van der Waals surface area (Å²) in [5, 5.41) is 2.49. The predicted octanol–water partition coefficient (Wildman–Crippen LogP) is 2.53. The maximum Gasteiger partial charge on any atom is 0.407 e. The zero-order valence-corrected chi connectivity index (χ0v) is 13.2. The number of aromatic nitrogens is 1. The van der Waals surface area contributed by atoms with Crippen LogP contribution in [-0.2, 0) is 9.47 Å². The molecule has 7 heteroatoms. The summed E-state index contributed by atoms with van der Waals surface area (Å²) in [6.07, 6.45) is 2.44. The number of ether oxygens (including phenoxy) is 2. The lowest BCUT2D eigenvalue weighted by molar-refractivity contribution is 0.0433. The predicted molar refractivity (Wildman–Crippen MR) is 76.5 cm³/mol. The van der Waals surface area contributed by atoms with Gasteiger partial charge in [-0.25, -0.2) is 9.59 Å². The Hall–Kier alpha value is -1.63. The van der Waals surface area contributed by atoms with Crippen molar-refractivity contribution in [3.8, 4) is 0 Å². The van der Waals surface area contributed by atoms with E-state index in [1.807, 2.05) is 0 Å². The van der Waals surface area contributed by atoms with Crippen LogP contribution in [0.4, 0.5) is 4.79 Å². The Morgan fingerprint density at radius 1 is 1.35 bits per heavy atom. The van der Waals surface area contributed by atoms with E-state index in [2.05, 4.69) is 26.2 Å². The monoisotopic (exact) mass is 344 g/mol. The number of amides is 1. The first-order valence-corrected chi connectivity index (χ1v) is 6.82. The number of rotatable bonds is 4. The molecule has 1 aromatic rings. The number of halogens is 1. The van der Waals surface area contributed by atoms with Crippen molar-refractivity contribution in [3.63, 3.8) is 0 Å². The Morgan fingerprint density at radius 3 is 2.65 bits per heavy atom. The van der Waals surface area contributed by atoms with E-state index in [0.717, 1.165) is 0 Å². The van der Waals surface area contributed by atoms with E-state index in [-0.39, 0.29) is 13.2 Å². The normalized spacial score (nSPS) is 10.8. The van der Waals surface area contributed by atoms with Crippen LogP contribution in [0.25, 0.3) is 0 Å². The summed E-state index contributed by atoms with van der Waals surface area (Å²) < 4.78 is 10.7. The Balaban J connectivity index is 2.28. The molecule has 0 aliphatic carbocycles. The first-order chi connectivity index (χ1) is 9.28. The van der Waals surface area contributed by atoms with Crippen LogP contribution in [0.15, 0.2) is 22.9 Å².